The number of hydrogen-bond acceptors (Lipinski definition) is 5. The number of nitro benzene ring substituents is 1. The van der Waals surface area contributed by atoms with Gasteiger partial charge in [-0.05, 0) is 24.8 Å². The normalized spacial score (nSPS) is 17.5. The van der Waals surface area contributed by atoms with Crippen molar-refractivity contribution in [3.05, 3.63) is 39.4 Å². The first-order valence-corrected chi connectivity index (χ1v) is 8.39. The molecule has 0 atom stereocenters. The highest BCUT2D eigenvalue weighted by atomic mass is 16.6. The molecule has 0 bridgehead atoms. The third kappa shape index (κ3) is 3.38. The Labute approximate surface area is 144 Å². The standard InChI is InChI=1S/C17H19N3O5/c21-14(18-9-11-5-2-1-3-6-11)10-19-16(22)12-7-4-8-13(20(24)25)15(12)17(19)23/h4,7-8,11H,1-3,5-6,9-10H2,(H,18,21). The highest BCUT2D eigenvalue weighted by molar-refractivity contribution is 6.24. The third-order valence-corrected chi connectivity index (χ3v) is 4.79. The lowest BCUT2D eigenvalue weighted by Crippen LogP contribution is -2.41. The maximum atomic E-state index is 12.4. The van der Waals surface area contributed by atoms with Gasteiger partial charge >= 0.3 is 0 Å². The van der Waals surface area contributed by atoms with Gasteiger partial charge in [-0.25, -0.2) is 0 Å². The van der Waals surface area contributed by atoms with Crippen molar-refractivity contribution in [1.82, 2.24) is 10.2 Å². The highest BCUT2D eigenvalue weighted by Gasteiger charge is 2.41. The minimum atomic E-state index is -0.792. The molecule has 1 aliphatic carbocycles. The van der Waals surface area contributed by atoms with E-state index in [4.69, 9.17) is 0 Å². The summed E-state index contributed by atoms with van der Waals surface area (Å²) < 4.78 is 0. The molecular weight excluding hydrogens is 326 g/mol. The number of fused-ring (bicyclic) bond motifs is 1. The molecule has 1 aromatic carbocycles. The van der Waals surface area contributed by atoms with Crippen molar-refractivity contribution in [3.63, 3.8) is 0 Å². The fourth-order valence-electron chi connectivity index (χ4n) is 3.46. The summed E-state index contributed by atoms with van der Waals surface area (Å²) in [5.74, 6) is -1.46. The first-order valence-electron chi connectivity index (χ1n) is 8.39. The van der Waals surface area contributed by atoms with Gasteiger partial charge in [0.2, 0.25) is 5.91 Å². The predicted octanol–water partition coefficient (Wildman–Crippen LogP) is 1.89. The van der Waals surface area contributed by atoms with E-state index in [0.29, 0.717) is 12.5 Å². The smallest absolute Gasteiger partial charge is 0.282 e. The maximum absolute atomic E-state index is 12.4. The second kappa shape index (κ2) is 7.00. The molecule has 1 heterocycles. The molecule has 1 fully saturated rings. The van der Waals surface area contributed by atoms with Gasteiger partial charge in [-0.1, -0.05) is 25.3 Å². The molecule has 1 N–H and O–H groups in total. The van der Waals surface area contributed by atoms with Crippen molar-refractivity contribution in [1.29, 1.82) is 0 Å². The summed E-state index contributed by atoms with van der Waals surface area (Å²) >= 11 is 0. The molecule has 3 rings (SSSR count). The molecule has 25 heavy (non-hydrogen) atoms. The van der Waals surface area contributed by atoms with E-state index < -0.39 is 34.9 Å². The molecule has 0 spiro atoms. The van der Waals surface area contributed by atoms with Crippen molar-refractivity contribution >= 4 is 23.4 Å². The summed E-state index contributed by atoms with van der Waals surface area (Å²) in [5, 5.41) is 13.8. The van der Waals surface area contributed by atoms with Crippen molar-refractivity contribution in [2.45, 2.75) is 32.1 Å². The number of hydrogen-bond donors (Lipinski definition) is 1. The molecule has 1 aromatic rings. The Morgan fingerprint density at radius 2 is 1.92 bits per heavy atom. The average molecular weight is 345 g/mol. The molecule has 1 saturated carbocycles. The first-order chi connectivity index (χ1) is 12.0. The van der Waals surface area contributed by atoms with Gasteiger partial charge in [0.15, 0.2) is 0 Å². The predicted molar refractivity (Wildman–Crippen MR) is 88.0 cm³/mol. The number of nitrogens with zero attached hydrogens (tertiary/aromatic N) is 2. The van der Waals surface area contributed by atoms with Crippen LogP contribution in [-0.2, 0) is 4.79 Å². The monoisotopic (exact) mass is 345 g/mol. The number of nitro groups is 1. The highest BCUT2D eigenvalue weighted by Crippen LogP contribution is 2.30. The van der Waals surface area contributed by atoms with Crippen LogP contribution in [-0.4, -0.2) is 40.6 Å². The second-order valence-corrected chi connectivity index (χ2v) is 6.46. The average Bonchev–Trinajstić information content (AvgIpc) is 2.86. The number of imide groups is 1. The molecule has 1 aliphatic heterocycles. The van der Waals surface area contributed by atoms with Crippen LogP contribution in [0.4, 0.5) is 5.69 Å². The Hall–Kier alpha value is -2.77. The van der Waals surface area contributed by atoms with Crippen LogP contribution in [0.25, 0.3) is 0 Å². The zero-order valence-electron chi connectivity index (χ0n) is 13.7. The van der Waals surface area contributed by atoms with E-state index in [1.807, 2.05) is 0 Å². The van der Waals surface area contributed by atoms with Gasteiger partial charge in [-0.3, -0.25) is 29.4 Å². The van der Waals surface area contributed by atoms with Crippen LogP contribution in [0.5, 0.6) is 0 Å². The van der Waals surface area contributed by atoms with E-state index in [0.717, 1.165) is 30.6 Å². The van der Waals surface area contributed by atoms with Crippen LogP contribution in [0.2, 0.25) is 0 Å². The van der Waals surface area contributed by atoms with Gasteiger partial charge in [-0.2, -0.15) is 0 Å². The molecule has 3 amide bonds. The van der Waals surface area contributed by atoms with Gasteiger partial charge < -0.3 is 5.32 Å². The second-order valence-electron chi connectivity index (χ2n) is 6.46. The molecular formula is C17H19N3O5. The largest absolute Gasteiger partial charge is 0.354 e. The summed E-state index contributed by atoms with van der Waals surface area (Å²) in [5.41, 5.74) is -0.683. The zero-order chi connectivity index (χ0) is 18.0. The van der Waals surface area contributed by atoms with Crippen molar-refractivity contribution in [2.75, 3.05) is 13.1 Å². The summed E-state index contributed by atoms with van der Waals surface area (Å²) in [6.07, 6.45) is 5.67. The van der Waals surface area contributed by atoms with Gasteiger partial charge in [0.25, 0.3) is 17.5 Å². The van der Waals surface area contributed by atoms with Gasteiger partial charge in [0.05, 0.1) is 10.5 Å². The van der Waals surface area contributed by atoms with Crippen LogP contribution >= 0.6 is 0 Å². The van der Waals surface area contributed by atoms with E-state index in [2.05, 4.69) is 5.32 Å². The molecule has 132 valence electrons. The molecule has 8 heteroatoms. The molecule has 0 unspecified atom stereocenters. The molecule has 0 aromatic heterocycles. The van der Waals surface area contributed by atoms with E-state index >= 15 is 0 Å². The Kier molecular flexibility index (Phi) is 4.78. The fourth-order valence-corrected chi connectivity index (χ4v) is 3.46. The summed E-state index contributed by atoms with van der Waals surface area (Å²) in [4.78, 5) is 48.0. The van der Waals surface area contributed by atoms with Crippen molar-refractivity contribution in [3.8, 4) is 0 Å². The Morgan fingerprint density at radius 3 is 2.60 bits per heavy atom. The number of nitrogens with one attached hydrogen (secondary N) is 1. The lowest BCUT2D eigenvalue weighted by Gasteiger charge is -2.22. The fraction of sp³-hybridized carbons (Fsp3) is 0.471. The van der Waals surface area contributed by atoms with Crippen molar-refractivity contribution in [2.24, 2.45) is 5.92 Å². The van der Waals surface area contributed by atoms with E-state index in [1.54, 1.807) is 0 Å². The minimum Gasteiger partial charge on any atom is -0.354 e. The van der Waals surface area contributed by atoms with Gasteiger partial charge in [0.1, 0.15) is 12.1 Å². The van der Waals surface area contributed by atoms with E-state index in [1.165, 1.54) is 24.6 Å². The van der Waals surface area contributed by atoms with Crippen molar-refractivity contribution < 1.29 is 19.3 Å². The summed E-state index contributed by atoms with van der Waals surface area (Å²) in [6, 6.07) is 3.90. The lowest BCUT2D eigenvalue weighted by molar-refractivity contribution is -0.385. The first kappa shape index (κ1) is 17.1. The quantitative estimate of drug-likeness (QED) is 0.498. The Bertz CT molecular complexity index is 740. The molecule has 8 nitrogen and oxygen atoms in total. The van der Waals surface area contributed by atoms with Crippen LogP contribution in [0.1, 0.15) is 52.8 Å². The number of carbonyl (C=O) groups excluding carboxylic acids is 3. The summed E-state index contributed by atoms with van der Waals surface area (Å²) in [7, 11) is 0. The minimum absolute atomic E-state index is 0.0284. The topological polar surface area (TPSA) is 110 Å². The van der Waals surface area contributed by atoms with Gasteiger partial charge in [0, 0.05) is 12.6 Å². The zero-order valence-corrected chi connectivity index (χ0v) is 13.7. The van der Waals surface area contributed by atoms with Crippen LogP contribution < -0.4 is 5.32 Å². The lowest BCUT2D eigenvalue weighted by atomic mass is 9.89. The number of rotatable bonds is 5. The molecule has 0 saturated heterocycles. The Balaban J connectivity index is 1.66. The third-order valence-electron chi connectivity index (χ3n) is 4.79. The molecule has 2 aliphatic rings. The Morgan fingerprint density at radius 1 is 1.20 bits per heavy atom. The number of benzene rings is 1. The van der Waals surface area contributed by atoms with Gasteiger partial charge in [-0.15, -0.1) is 0 Å². The number of carbonyl (C=O) groups is 3. The van der Waals surface area contributed by atoms with Crippen LogP contribution in [0, 0.1) is 16.0 Å². The SMILES string of the molecule is O=C(CN1C(=O)c2cccc([N+](=O)[O-])c2C1=O)NCC1CCCCC1. The number of amides is 3. The summed E-state index contributed by atoms with van der Waals surface area (Å²) in [6.45, 7) is 0.109. The maximum Gasteiger partial charge on any atom is 0.282 e. The van der Waals surface area contributed by atoms with E-state index in [-0.39, 0.29) is 11.1 Å². The molecule has 0 radical (unpaired) electrons. The van der Waals surface area contributed by atoms with E-state index in [9.17, 15) is 24.5 Å². The van der Waals surface area contributed by atoms with Crippen LogP contribution in [0.3, 0.4) is 0 Å². The van der Waals surface area contributed by atoms with Crippen LogP contribution in [0.15, 0.2) is 18.2 Å².